The van der Waals surface area contributed by atoms with E-state index in [9.17, 15) is 8.42 Å². The summed E-state index contributed by atoms with van der Waals surface area (Å²) in [7, 11) is -7.54. The lowest BCUT2D eigenvalue weighted by molar-refractivity contribution is 0.0725. The first-order valence-electron chi connectivity index (χ1n) is 19.7. The van der Waals surface area contributed by atoms with Gasteiger partial charge in [0.1, 0.15) is 0 Å². The highest BCUT2D eigenvalue weighted by molar-refractivity contribution is 7.86. The molecular formula is C42H72O5SSi2. The number of allylic oxidation sites excluding steroid dienone is 3. The lowest BCUT2D eigenvalue weighted by atomic mass is 9.61. The third kappa shape index (κ3) is 9.93. The molecule has 4 rings (SSSR count). The molecule has 0 aliphatic heterocycles. The van der Waals surface area contributed by atoms with E-state index in [1.165, 1.54) is 37.7 Å². The summed E-state index contributed by atoms with van der Waals surface area (Å²) in [5, 5.41) is 0.363. The van der Waals surface area contributed by atoms with Crippen LogP contribution in [0.5, 0.6) is 0 Å². The Hall–Kier alpha value is -1.04. The summed E-state index contributed by atoms with van der Waals surface area (Å²) < 4.78 is 45.0. The van der Waals surface area contributed by atoms with Gasteiger partial charge in [0.2, 0.25) is 0 Å². The van der Waals surface area contributed by atoms with E-state index >= 15 is 0 Å². The van der Waals surface area contributed by atoms with Crippen LogP contribution in [0.15, 0.2) is 52.5 Å². The molecule has 6 atom stereocenters. The first kappa shape index (κ1) is 41.7. The van der Waals surface area contributed by atoms with Gasteiger partial charge in [0, 0.05) is 0 Å². The fourth-order valence-electron chi connectivity index (χ4n) is 8.62. The summed E-state index contributed by atoms with van der Waals surface area (Å²) in [5.74, 6) is 1.81. The average molecular weight is 745 g/mol. The molecule has 0 heterocycles. The third-order valence-corrected chi connectivity index (χ3v) is 24.0. The molecule has 3 aliphatic rings. The van der Waals surface area contributed by atoms with Gasteiger partial charge in [-0.3, -0.25) is 4.18 Å². The van der Waals surface area contributed by atoms with Crippen LogP contribution in [-0.4, -0.2) is 43.9 Å². The van der Waals surface area contributed by atoms with Crippen molar-refractivity contribution >= 4 is 26.8 Å². The molecule has 8 heteroatoms. The highest BCUT2D eigenvalue weighted by Crippen LogP contribution is 2.60. The minimum Gasteiger partial charge on any atom is -0.414 e. The first-order chi connectivity index (χ1) is 23.0. The Morgan fingerprint density at radius 1 is 0.900 bits per heavy atom. The van der Waals surface area contributed by atoms with E-state index in [0.717, 1.165) is 37.7 Å². The second kappa shape index (κ2) is 15.7. The zero-order valence-electron chi connectivity index (χ0n) is 34.1. The van der Waals surface area contributed by atoms with E-state index in [-0.39, 0.29) is 33.8 Å². The van der Waals surface area contributed by atoms with Gasteiger partial charge in [-0.1, -0.05) is 96.4 Å². The second-order valence-corrected chi connectivity index (χ2v) is 30.6. The predicted octanol–water partition coefficient (Wildman–Crippen LogP) is 12.2. The van der Waals surface area contributed by atoms with Gasteiger partial charge in [0.15, 0.2) is 16.6 Å². The molecule has 0 unspecified atom stereocenters. The third-order valence-electron chi connectivity index (χ3n) is 13.7. The Kier molecular flexibility index (Phi) is 13.1. The maximum absolute atomic E-state index is 12.7. The van der Waals surface area contributed by atoms with E-state index < -0.39 is 26.8 Å². The van der Waals surface area contributed by atoms with Crippen LogP contribution in [0.4, 0.5) is 0 Å². The standard InChI is InChI=1S/C42H72O5SSi2/c1-31-18-22-37(23-19-31)48(43,44)45-27-15-16-32(2)38-24-25-39-34(17-14-26-42(38,39)9)21-20-33-28-35(46-49(10,11)40(3,4)5)30-36(29-33)47-50(12,13)41(6,7)8/h18-23,32,35-36,38-39H,14-17,24-30H2,1-13H3/b33-20-,34-21+/t32-,35+,36-,38-,39+,42-/m1/s1. The minimum atomic E-state index is -3.71. The van der Waals surface area contributed by atoms with Crippen molar-refractivity contribution in [3.63, 3.8) is 0 Å². The highest BCUT2D eigenvalue weighted by Gasteiger charge is 2.50. The number of fused-ring (bicyclic) bond motifs is 1. The topological polar surface area (TPSA) is 61.8 Å². The van der Waals surface area contributed by atoms with Gasteiger partial charge in [-0.05, 0) is 143 Å². The molecule has 0 amide bonds. The Morgan fingerprint density at radius 3 is 2.00 bits per heavy atom. The van der Waals surface area contributed by atoms with Crippen molar-refractivity contribution in [1.82, 2.24) is 0 Å². The molecule has 0 radical (unpaired) electrons. The maximum atomic E-state index is 12.7. The van der Waals surface area contributed by atoms with Gasteiger partial charge >= 0.3 is 0 Å². The Bertz CT molecular complexity index is 1430. The molecule has 3 fully saturated rings. The molecule has 5 nitrogen and oxygen atoms in total. The van der Waals surface area contributed by atoms with Crippen molar-refractivity contribution in [2.75, 3.05) is 6.61 Å². The molecule has 1 aromatic carbocycles. The smallest absolute Gasteiger partial charge is 0.296 e. The van der Waals surface area contributed by atoms with Crippen molar-refractivity contribution in [2.45, 2.75) is 180 Å². The molecule has 0 aromatic heterocycles. The van der Waals surface area contributed by atoms with Crippen LogP contribution >= 0.6 is 0 Å². The molecule has 1 aromatic rings. The van der Waals surface area contributed by atoms with Gasteiger partial charge in [0.05, 0.1) is 23.7 Å². The summed E-state index contributed by atoms with van der Waals surface area (Å²) in [6.45, 7) is 30.7. The Balaban J connectivity index is 1.44. The monoisotopic (exact) mass is 744 g/mol. The highest BCUT2D eigenvalue weighted by atomic mass is 32.2. The van der Waals surface area contributed by atoms with Gasteiger partial charge in [0.25, 0.3) is 10.1 Å². The van der Waals surface area contributed by atoms with Gasteiger partial charge in [-0.2, -0.15) is 8.42 Å². The van der Waals surface area contributed by atoms with Crippen LogP contribution in [0.1, 0.15) is 125 Å². The van der Waals surface area contributed by atoms with E-state index in [1.807, 2.05) is 19.1 Å². The fraction of sp³-hybridized carbons (Fsp3) is 0.762. The molecule has 284 valence electrons. The fourth-order valence-corrected chi connectivity index (χ4v) is 12.3. The van der Waals surface area contributed by atoms with Crippen LogP contribution in [0.3, 0.4) is 0 Å². The summed E-state index contributed by atoms with van der Waals surface area (Å²) in [5.41, 5.74) is 4.47. The molecule has 0 bridgehead atoms. The van der Waals surface area contributed by atoms with Gasteiger partial charge in [-0.25, -0.2) is 0 Å². The molecular weight excluding hydrogens is 673 g/mol. The molecule has 3 aliphatic carbocycles. The lowest BCUT2D eigenvalue weighted by Crippen LogP contribution is -2.48. The van der Waals surface area contributed by atoms with Crippen LogP contribution in [0, 0.1) is 30.1 Å². The van der Waals surface area contributed by atoms with Crippen molar-refractivity contribution in [3.05, 3.63) is 53.1 Å². The SMILES string of the molecule is Cc1ccc(S(=O)(=O)OCCC[C@@H](C)[C@H]2CC[C@H]3/C(=C/C=C4\C[C@@H](O[Si](C)(C)C(C)(C)C)C[C@@H](O[Si](C)(C)C(C)(C)C)C4)CCC[C@]23C)cc1. The summed E-state index contributed by atoms with van der Waals surface area (Å²) in [6, 6.07) is 6.90. The number of aryl methyl sites for hydroxylation is 1. The zero-order chi connectivity index (χ0) is 37.3. The predicted molar refractivity (Wildman–Crippen MR) is 215 cm³/mol. The van der Waals surface area contributed by atoms with Crippen molar-refractivity contribution < 1.29 is 21.5 Å². The second-order valence-electron chi connectivity index (χ2n) is 19.5. The van der Waals surface area contributed by atoms with E-state index in [1.54, 1.807) is 17.7 Å². The summed E-state index contributed by atoms with van der Waals surface area (Å²) in [4.78, 5) is 0.240. The Labute approximate surface area is 309 Å². The van der Waals surface area contributed by atoms with Crippen LogP contribution in [0.2, 0.25) is 36.3 Å². The lowest BCUT2D eigenvalue weighted by Gasteiger charge is -2.45. The summed E-state index contributed by atoms with van der Waals surface area (Å²) in [6.07, 6.45) is 16.4. The summed E-state index contributed by atoms with van der Waals surface area (Å²) >= 11 is 0. The first-order valence-corrected chi connectivity index (χ1v) is 26.9. The van der Waals surface area contributed by atoms with E-state index in [0.29, 0.717) is 23.2 Å². The molecule has 0 spiro atoms. The van der Waals surface area contributed by atoms with Crippen molar-refractivity contribution in [1.29, 1.82) is 0 Å². The van der Waals surface area contributed by atoms with Crippen LogP contribution < -0.4 is 0 Å². The molecule has 3 saturated carbocycles. The number of rotatable bonds is 12. The number of hydrogen-bond donors (Lipinski definition) is 0. The van der Waals surface area contributed by atoms with E-state index in [4.69, 9.17) is 13.0 Å². The maximum Gasteiger partial charge on any atom is 0.296 e. The zero-order valence-corrected chi connectivity index (χ0v) is 36.9. The van der Waals surface area contributed by atoms with Gasteiger partial charge in [-0.15, -0.1) is 0 Å². The largest absolute Gasteiger partial charge is 0.414 e. The van der Waals surface area contributed by atoms with Crippen molar-refractivity contribution in [3.8, 4) is 0 Å². The average Bonchev–Trinajstić information content (AvgIpc) is 3.34. The van der Waals surface area contributed by atoms with E-state index in [2.05, 4.69) is 93.7 Å². The van der Waals surface area contributed by atoms with Crippen LogP contribution in [-0.2, 0) is 23.2 Å². The van der Waals surface area contributed by atoms with Crippen LogP contribution in [0.25, 0.3) is 0 Å². The Morgan fingerprint density at radius 2 is 1.46 bits per heavy atom. The molecule has 0 saturated heterocycles. The van der Waals surface area contributed by atoms with Gasteiger partial charge < -0.3 is 8.85 Å². The normalized spacial score (nSPS) is 29.4. The quantitative estimate of drug-likeness (QED) is 0.121. The van der Waals surface area contributed by atoms with Crippen molar-refractivity contribution in [2.24, 2.45) is 23.2 Å². The number of hydrogen-bond acceptors (Lipinski definition) is 5. The molecule has 0 N–H and O–H groups in total. The number of benzene rings is 1. The minimum absolute atomic E-state index is 0.181. The molecule has 50 heavy (non-hydrogen) atoms.